The predicted octanol–water partition coefficient (Wildman–Crippen LogP) is 3.87. The van der Waals surface area contributed by atoms with Crippen LogP contribution in [-0.2, 0) is 10.0 Å². The fourth-order valence-electron chi connectivity index (χ4n) is 2.69. The normalized spacial score (nSPS) is 14.7. The highest BCUT2D eigenvalue weighted by molar-refractivity contribution is 7.91. The van der Waals surface area contributed by atoms with E-state index in [0.717, 1.165) is 23.3 Å². The Morgan fingerprint density at radius 2 is 1.83 bits per heavy atom. The van der Waals surface area contributed by atoms with Gasteiger partial charge >= 0.3 is 0 Å². The van der Waals surface area contributed by atoms with Gasteiger partial charge in [-0.15, -0.1) is 11.3 Å². The minimum atomic E-state index is -3.72. The second kappa shape index (κ2) is 8.45. The molecule has 2 rings (SSSR count). The third-order valence-electron chi connectivity index (χ3n) is 3.76. The van der Waals surface area contributed by atoms with Crippen LogP contribution in [-0.4, -0.2) is 26.2 Å². The number of halogens is 1. The first-order valence-electron chi connectivity index (χ1n) is 7.77. The topological polar surface area (TPSA) is 66.4 Å². The molecule has 0 spiro atoms. The minimum absolute atomic E-state index is 0.110. The van der Waals surface area contributed by atoms with E-state index >= 15 is 0 Å². The highest BCUT2D eigenvalue weighted by Gasteiger charge is 2.29. The van der Waals surface area contributed by atoms with Crippen LogP contribution in [0.3, 0.4) is 0 Å². The van der Waals surface area contributed by atoms with Crippen molar-refractivity contribution in [1.29, 1.82) is 0 Å². The van der Waals surface area contributed by atoms with E-state index in [1.165, 1.54) is 6.07 Å². The molecule has 0 fully saturated rings. The minimum Gasteiger partial charge on any atom is -0.395 e. The molecule has 0 radical (unpaired) electrons. The summed E-state index contributed by atoms with van der Waals surface area (Å²) < 4.78 is 28.4. The fraction of sp³-hybridized carbons (Fsp3) is 0.412. The Bertz CT molecular complexity index is 744. The van der Waals surface area contributed by atoms with Gasteiger partial charge in [0.25, 0.3) is 0 Å². The SMILES string of the molecule is CC(C)C[C@H](c1ccccc1)[C@H](CO)NS(=O)(=O)c1ccc(Cl)s1. The standard InChI is InChI=1S/C17H22ClNO3S2/c1-12(2)10-14(13-6-4-3-5-7-13)15(11-20)19-24(21,22)17-9-8-16(18)23-17/h3-9,12,14-15,19-20H,10-11H2,1-2H3/t14-,15+/m1/s1. The number of sulfonamides is 1. The molecule has 1 aromatic heterocycles. The number of thiophene rings is 1. The van der Waals surface area contributed by atoms with E-state index in [1.54, 1.807) is 6.07 Å². The van der Waals surface area contributed by atoms with Crippen molar-refractivity contribution in [3.05, 3.63) is 52.4 Å². The lowest BCUT2D eigenvalue weighted by Gasteiger charge is -2.28. The molecule has 4 nitrogen and oxygen atoms in total. The van der Waals surface area contributed by atoms with Crippen LogP contribution in [0.25, 0.3) is 0 Å². The maximum atomic E-state index is 12.6. The van der Waals surface area contributed by atoms with E-state index in [2.05, 4.69) is 18.6 Å². The summed E-state index contributed by atoms with van der Waals surface area (Å²) in [6, 6.07) is 12.1. The van der Waals surface area contributed by atoms with Gasteiger partial charge in [-0.1, -0.05) is 55.8 Å². The molecule has 0 saturated heterocycles. The van der Waals surface area contributed by atoms with Gasteiger partial charge in [-0.05, 0) is 30.0 Å². The summed E-state index contributed by atoms with van der Waals surface area (Å²) in [4.78, 5) is 0. The number of nitrogens with one attached hydrogen (secondary N) is 1. The molecule has 7 heteroatoms. The van der Waals surface area contributed by atoms with E-state index in [9.17, 15) is 13.5 Å². The summed E-state index contributed by atoms with van der Waals surface area (Å²) in [5.41, 5.74) is 1.01. The van der Waals surface area contributed by atoms with E-state index in [4.69, 9.17) is 11.6 Å². The van der Waals surface area contributed by atoms with Crippen molar-refractivity contribution in [2.45, 2.75) is 36.4 Å². The summed E-state index contributed by atoms with van der Waals surface area (Å²) in [7, 11) is -3.72. The quantitative estimate of drug-likeness (QED) is 0.722. The molecule has 2 N–H and O–H groups in total. The van der Waals surface area contributed by atoms with E-state index < -0.39 is 16.1 Å². The van der Waals surface area contributed by atoms with E-state index in [0.29, 0.717) is 10.3 Å². The molecular formula is C17H22ClNO3S2. The van der Waals surface area contributed by atoms with Crippen molar-refractivity contribution in [3.63, 3.8) is 0 Å². The average Bonchev–Trinajstić information content (AvgIpc) is 2.99. The molecule has 1 heterocycles. The van der Waals surface area contributed by atoms with Gasteiger partial charge in [0.1, 0.15) is 4.21 Å². The van der Waals surface area contributed by atoms with Crippen LogP contribution in [0, 0.1) is 5.92 Å². The van der Waals surface area contributed by atoms with Crippen LogP contribution in [0.15, 0.2) is 46.7 Å². The van der Waals surface area contributed by atoms with Crippen molar-refractivity contribution >= 4 is 33.0 Å². The van der Waals surface area contributed by atoms with Gasteiger partial charge in [0.15, 0.2) is 0 Å². The van der Waals surface area contributed by atoms with Crippen LogP contribution in [0.5, 0.6) is 0 Å². The van der Waals surface area contributed by atoms with Gasteiger partial charge in [-0.2, -0.15) is 0 Å². The monoisotopic (exact) mass is 387 g/mol. The second-order valence-electron chi connectivity index (χ2n) is 6.12. The van der Waals surface area contributed by atoms with Crippen molar-refractivity contribution in [2.24, 2.45) is 5.92 Å². The van der Waals surface area contributed by atoms with Gasteiger partial charge in [0.2, 0.25) is 10.0 Å². The average molecular weight is 388 g/mol. The molecular weight excluding hydrogens is 366 g/mol. The summed E-state index contributed by atoms with van der Waals surface area (Å²) in [5.74, 6) is 0.256. The third-order valence-corrected chi connectivity index (χ3v) is 6.97. The number of aliphatic hydroxyl groups is 1. The maximum absolute atomic E-state index is 12.6. The Morgan fingerprint density at radius 3 is 2.33 bits per heavy atom. The van der Waals surface area contributed by atoms with Crippen molar-refractivity contribution < 1.29 is 13.5 Å². The lowest BCUT2D eigenvalue weighted by Crippen LogP contribution is -2.42. The van der Waals surface area contributed by atoms with Crippen LogP contribution >= 0.6 is 22.9 Å². The van der Waals surface area contributed by atoms with Gasteiger partial charge in [0, 0.05) is 5.92 Å². The third kappa shape index (κ3) is 5.04. The Labute approximate surface area is 152 Å². The summed E-state index contributed by atoms with van der Waals surface area (Å²) in [6.45, 7) is 3.89. The molecule has 24 heavy (non-hydrogen) atoms. The largest absolute Gasteiger partial charge is 0.395 e. The molecule has 1 aromatic carbocycles. The van der Waals surface area contributed by atoms with Crippen LogP contribution < -0.4 is 4.72 Å². The maximum Gasteiger partial charge on any atom is 0.250 e. The first kappa shape index (κ1) is 19.4. The van der Waals surface area contributed by atoms with Crippen LogP contribution in [0.2, 0.25) is 4.34 Å². The molecule has 0 amide bonds. The zero-order valence-corrected chi connectivity index (χ0v) is 16.0. The Hall–Kier alpha value is -0.920. The first-order valence-corrected chi connectivity index (χ1v) is 10.4. The molecule has 0 unspecified atom stereocenters. The van der Waals surface area contributed by atoms with Gasteiger partial charge in [-0.25, -0.2) is 13.1 Å². The lowest BCUT2D eigenvalue weighted by atomic mass is 9.85. The number of rotatable bonds is 8. The highest BCUT2D eigenvalue weighted by atomic mass is 35.5. The predicted molar refractivity (Wildman–Crippen MR) is 99.2 cm³/mol. The molecule has 2 aromatic rings. The van der Waals surface area contributed by atoms with Gasteiger partial charge in [-0.3, -0.25) is 0 Å². The molecule has 0 aliphatic heterocycles. The number of hydrogen-bond donors (Lipinski definition) is 2. The van der Waals surface area contributed by atoms with Crippen LogP contribution in [0.4, 0.5) is 0 Å². The summed E-state index contributed by atoms with van der Waals surface area (Å²) in [6.07, 6.45) is 0.767. The molecule has 2 atom stereocenters. The van der Waals surface area contributed by atoms with Crippen molar-refractivity contribution in [1.82, 2.24) is 4.72 Å². The number of aliphatic hydroxyl groups excluding tert-OH is 1. The fourth-order valence-corrected chi connectivity index (χ4v) is 5.45. The lowest BCUT2D eigenvalue weighted by molar-refractivity contribution is 0.229. The summed E-state index contributed by atoms with van der Waals surface area (Å²) >= 11 is 6.84. The Kier molecular flexibility index (Phi) is 6.83. The van der Waals surface area contributed by atoms with Gasteiger partial charge in [0.05, 0.1) is 17.0 Å². The summed E-state index contributed by atoms with van der Waals surface area (Å²) in [5, 5.41) is 9.84. The second-order valence-corrected chi connectivity index (χ2v) is 9.77. The molecule has 0 aliphatic rings. The first-order chi connectivity index (χ1) is 11.3. The number of benzene rings is 1. The smallest absolute Gasteiger partial charge is 0.250 e. The zero-order valence-electron chi connectivity index (χ0n) is 13.6. The van der Waals surface area contributed by atoms with Gasteiger partial charge < -0.3 is 5.11 Å². The van der Waals surface area contributed by atoms with Crippen molar-refractivity contribution in [3.8, 4) is 0 Å². The molecule has 132 valence electrons. The Morgan fingerprint density at radius 1 is 1.17 bits per heavy atom. The van der Waals surface area contributed by atoms with Crippen molar-refractivity contribution in [2.75, 3.05) is 6.61 Å². The number of hydrogen-bond acceptors (Lipinski definition) is 4. The molecule has 0 saturated carbocycles. The highest BCUT2D eigenvalue weighted by Crippen LogP contribution is 2.30. The van der Waals surface area contributed by atoms with E-state index in [-0.39, 0.29) is 16.7 Å². The molecule has 0 aliphatic carbocycles. The zero-order chi connectivity index (χ0) is 17.7. The Balaban J connectivity index is 2.29. The van der Waals surface area contributed by atoms with E-state index in [1.807, 2.05) is 30.3 Å². The van der Waals surface area contributed by atoms with Crippen LogP contribution in [0.1, 0.15) is 31.7 Å². The molecule has 0 bridgehead atoms.